The molecule has 1 saturated heterocycles. The van der Waals surface area contributed by atoms with Gasteiger partial charge in [-0.2, -0.15) is 0 Å². The number of hydrogen-bond donors (Lipinski definition) is 0. The van der Waals surface area contributed by atoms with Crippen LogP contribution in [0.3, 0.4) is 0 Å². The number of amides is 1. The molecule has 1 aromatic heterocycles. The Hall–Kier alpha value is -1.20. The third kappa shape index (κ3) is 1.39. The van der Waals surface area contributed by atoms with E-state index in [1.807, 2.05) is 0 Å². The minimum absolute atomic E-state index is 0.0763. The Morgan fingerprint density at radius 2 is 2.18 bits per heavy atom. The summed E-state index contributed by atoms with van der Waals surface area (Å²) in [6, 6.07) is 0. The lowest BCUT2D eigenvalue weighted by Crippen LogP contribution is -2.43. The topological polar surface area (TPSA) is 55.3 Å². The van der Waals surface area contributed by atoms with Gasteiger partial charge < -0.3 is 9.64 Å². The smallest absolute Gasteiger partial charge is 0.239 e. The number of carbonyl (C=O) groups is 1. The Labute approximate surface area is 104 Å². The summed E-state index contributed by atoms with van der Waals surface area (Å²) in [5.74, 6) is 0.0763. The highest BCUT2D eigenvalue weighted by molar-refractivity contribution is 6.28. The average molecular weight is 254 g/mol. The number of hydrogen-bond acceptors (Lipinski definition) is 4. The third-order valence-electron chi connectivity index (χ3n) is 3.62. The Bertz CT molecular complexity index is 486. The highest BCUT2D eigenvalue weighted by atomic mass is 35.5. The van der Waals surface area contributed by atoms with Crippen LogP contribution in [-0.4, -0.2) is 36.1 Å². The summed E-state index contributed by atoms with van der Waals surface area (Å²) >= 11 is 5.84. The number of rotatable bonds is 0. The van der Waals surface area contributed by atoms with Gasteiger partial charge in [0.05, 0.1) is 23.0 Å². The van der Waals surface area contributed by atoms with E-state index in [2.05, 4.69) is 9.97 Å². The maximum absolute atomic E-state index is 12.4. The van der Waals surface area contributed by atoms with Crippen molar-refractivity contribution in [2.24, 2.45) is 0 Å². The van der Waals surface area contributed by atoms with Crippen LogP contribution in [-0.2, 0) is 14.9 Å². The molecule has 0 bridgehead atoms. The molecule has 1 aromatic rings. The number of nitrogens with zero attached hydrogens (tertiary/aromatic N) is 3. The van der Waals surface area contributed by atoms with E-state index in [4.69, 9.17) is 16.3 Å². The number of ether oxygens (including phenoxy) is 1. The molecular weight excluding hydrogens is 242 g/mol. The van der Waals surface area contributed by atoms with E-state index in [-0.39, 0.29) is 11.2 Å². The molecule has 0 aliphatic carbocycles. The predicted molar refractivity (Wildman–Crippen MR) is 62.2 cm³/mol. The van der Waals surface area contributed by atoms with Crippen molar-refractivity contribution < 1.29 is 9.53 Å². The SMILES string of the molecule is CN1C(=O)C2(CCOCC2)c2nc(Cl)ncc21. The number of anilines is 1. The molecule has 1 fully saturated rings. The molecule has 0 radical (unpaired) electrons. The van der Waals surface area contributed by atoms with Crippen LogP contribution in [0.4, 0.5) is 5.69 Å². The number of fused-ring (bicyclic) bond motifs is 2. The van der Waals surface area contributed by atoms with Gasteiger partial charge in [0.15, 0.2) is 0 Å². The lowest BCUT2D eigenvalue weighted by Gasteiger charge is -2.31. The van der Waals surface area contributed by atoms with E-state index in [1.54, 1.807) is 18.1 Å². The molecule has 1 amide bonds. The van der Waals surface area contributed by atoms with Gasteiger partial charge in [0.2, 0.25) is 11.2 Å². The lowest BCUT2D eigenvalue weighted by molar-refractivity contribution is -0.126. The maximum Gasteiger partial charge on any atom is 0.239 e. The first kappa shape index (κ1) is 10.9. The van der Waals surface area contributed by atoms with Gasteiger partial charge in [-0.05, 0) is 24.4 Å². The van der Waals surface area contributed by atoms with Crippen molar-refractivity contribution in [2.75, 3.05) is 25.2 Å². The van der Waals surface area contributed by atoms with Crippen molar-refractivity contribution >= 4 is 23.2 Å². The number of likely N-dealkylation sites (N-methyl/N-ethyl adjacent to an activating group) is 1. The normalized spacial score (nSPS) is 22.0. The summed E-state index contributed by atoms with van der Waals surface area (Å²) in [5, 5.41) is 0.192. The molecule has 1 spiro atoms. The van der Waals surface area contributed by atoms with Crippen LogP contribution in [0.1, 0.15) is 18.5 Å². The van der Waals surface area contributed by atoms with Crippen LogP contribution in [0.25, 0.3) is 0 Å². The average Bonchev–Trinajstić information content (AvgIpc) is 2.54. The molecule has 90 valence electrons. The first-order chi connectivity index (χ1) is 8.15. The van der Waals surface area contributed by atoms with Gasteiger partial charge in [-0.1, -0.05) is 0 Å². The first-order valence-electron chi connectivity index (χ1n) is 5.54. The zero-order valence-electron chi connectivity index (χ0n) is 9.44. The van der Waals surface area contributed by atoms with Crippen molar-refractivity contribution in [3.05, 3.63) is 17.2 Å². The molecule has 3 rings (SSSR count). The quantitative estimate of drug-likeness (QED) is 0.651. The fourth-order valence-corrected chi connectivity index (χ4v) is 2.79. The Kier molecular flexibility index (Phi) is 2.34. The molecule has 0 unspecified atom stereocenters. The van der Waals surface area contributed by atoms with Crippen LogP contribution in [0.2, 0.25) is 5.28 Å². The van der Waals surface area contributed by atoms with Crippen molar-refractivity contribution in [2.45, 2.75) is 18.3 Å². The van der Waals surface area contributed by atoms with Gasteiger partial charge >= 0.3 is 0 Å². The number of aromatic nitrogens is 2. The molecule has 2 aliphatic heterocycles. The minimum atomic E-state index is -0.547. The van der Waals surface area contributed by atoms with Gasteiger partial charge in [-0.15, -0.1) is 0 Å². The zero-order valence-corrected chi connectivity index (χ0v) is 10.2. The molecule has 0 aromatic carbocycles. The summed E-state index contributed by atoms with van der Waals surface area (Å²) in [6.07, 6.45) is 2.94. The first-order valence-corrected chi connectivity index (χ1v) is 5.92. The van der Waals surface area contributed by atoms with E-state index < -0.39 is 5.41 Å². The molecule has 0 N–H and O–H groups in total. The molecule has 2 aliphatic rings. The molecule has 17 heavy (non-hydrogen) atoms. The van der Waals surface area contributed by atoms with Gasteiger partial charge in [0.25, 0.3) is 0 Å². The fourth-order valence-electron chi connectivity index (χ4n) is 2.65. The summed E-state index contributed by atoms with van der Waals surface area (Å²) in [4.78, 5) is 22.2. The maximum atomic E-state index is 12.4. The second-order valence-electron chi connectivity index (χ2n) is 4.43. The molecular formula is C11H12ClN3O2. The Balaban J connectivity index is 2.18. The van der Waals surface area contributed by atoms with Crippen molar-refractivity contribution in [3.63, 3.8) is 0 Å². The van der Waals surface area contributed by atoms with E-state index >= 15 is 0 Å². The molecule has 5 nitrogen and oxygen atoms in total. The number of halogens is 1. The fraction of sp³-hybridized carbons (Fsp3) is 0.545. The standard InChI is InChI=1S/C11H12ClN3O2/c1-15-7-6-13-10(12)14-8(7)11(9(15)16)2-4-17-5-3-11/h6H,2-5H2,1H3. The third-order valence-corrected chi connectivity index (χ3v) is 3.80. The summed E-state index contributed by atoms with van der Waals surface area (Å²) in [7, 11) is 1.75. The largest absolute Gasteiger partial charge is 0.381 e. The summed E-state index contributed by atoms with van der Waals surface area (Å²) in [5.41, 5.74) is 0.976. The van der Waals surface area contributed by atoms with Crippen LogP contribution in [0.15, 0.2) is 6.20 Å². The van der Waals surface area contributed by atoms with Crippen molar-refractivity contribution in [1.29, 1.82) is 0 Å². The lowest BCUT2D eigenvalue weighted by atomic mass is 9.78. The molecule has 0 atom stereocenters. The van der Waals surface area contributed by atoms with Gasteiger partial charge in [0.1, 0.15) is 0 Å². The highest BCUT2D eigenvalue weighted by Crippen LogP contribution is 2.45. The highest BCUT2D eigenvalue weighted by Gasteiger charge is 2.52. The van der Waals surface area contributed by atoms with E-state index in [9.17, 15) is 4.79 Å². The van der Waals surface area contributed by atoms with Crippen LogP contribution in [0.5, 0.6) is 0 Å². The van der Waals surface area contributed by atoms with Crippen molar-refractivity contribution in [1.82, 2.24) is 9.97 Å². The van der Waals surface area contributed by atoms with Crippen LogP contribution < -0.4 is 4.90 Å². The molecule has 0 saturated carbocycles. The van der Waals surface area contributed by atoms with Gasteiger partial charge in [-0.25, -0.2) is 9.97 Å². The predicted octanol–water partition coefficient (Wildman–Crippen LogP) is 1.15. The Morgan fingerprint density at radius 1 is 1.47 bits per heavy atom. The second kappa shape index (κ2) is 3.65. The monoisotopic (exact) mass is 253 g/mol. The second-order valence-corrected chi connectivity index (χ2v) is 4.77. The molecule has 3 heterocycles. The Morgan fingerprint density at radius 3 is 2.88 bits per heavy atom. The zero-order chi connectivity index (χ0) is 12.0. The van der Waals surface area contributed by atoms with E-state index in [1.165, 1.54) is 0 Å². The van der Waals surface area contributed by atoms with E-state index in [0.717, 1.165) is 11.4 Å². The molecule has 6 heteroatoms. The minimum Gasteiger partial charge on any atom is -0.381 e. The summed E-state index contributed by atoms with van der Waals surface area (Å²) < 4.78 is 5.34. The van der Waals surface area contributed by atoms with Gasteiger partial charge in [0, 0.05) is 20.3 Å². The van der Waals surface area contributed by atoms with Crippen molar-refractivity contribution in [3.8, 4) is 0 Å². The van der Waals surface area contributed by atoms with Gasteiger partial charge in [-0.3, -0.25) is 4.79 Å². The van der Waals surface area contributed by atoms with Crippen LogP contribution in [0, 0.1) is 0 Å². The summed E-state index contributed by atoms with van der Waals surface area (Å²) in [6.45, 7) is 1.17. The van der Waals surface area contributed by atoms with E-state index in [0.29, 0.717) is 26.1 Å². The number of carbonyl (C=O) groups excluding carboxylic acids is 1. The van der Waals surface area contributed by atoms with Crippen LogP contribution >= 0.6 is 11.6 Å².